The van der Waals surface area contributed by atoms with Crippen molar-refractivity contribution in [2.45, 2.75) is 37.2 Å². The van der Waals surface area contributed by atoms with Crippen molar-refractivity contribution in [2.75, 3.05) is 26.2 Å². The molecule has 0 saturated heterocycles. The zero-order valence-electron chi connectivity index (χ0n) is 23.9. The van der Waals surface area contributed by atoms with Gasteiger partial charge < -0.3 is 14.8 Å². The van der Waals surface area contributed by atoms with E-state index in [0.717, 1.165) is 31.9 Å². The van der Waals surface area contributed by atoms with Gasteiger partial charge in [-0.15, -0.1) is 0 Å². The van der Waals surface area contributed by atoms with Crippen molar-refractivity contribution in [2.24, 2.45) is 0 Å². The number of sulfonamides is 1. The molecule has 0 atom stereocenters. The summed E-state index contributed by atoms with van der Waals surface area (Å²) in [5.74, 6) is -0.786. The van der Waals surface area contributed by atoms with Crippen LogP contribution in [0.2, 0.25) is 0 Å². The molecule has 42 heavy (non-hydrogen) atoms. The maximum atomic E-state index is 13.8. The third-order valence-corrected chi connectivity index (χ3v) is 8.97. The van der Waals surface area contributed by atoms with Crippen molar-refractivity contribution in [1.82, 2.24) is 9.62 Å². The number of benzene rings is 4. The molecule has 1 N–H and O–H groups in total. The van der Waals surface area contributed by atoms with Crippen LogP contribution in [0.1, 0.15) is 37.8 Å². The summed E-state index contributed by atoms with van der Waals surface area (Å²) in [6.07, 6.45) is -0.670. The highest BCUT2D eigenvalue weighted by molar-refractivity contribution is 7.89. The van der Waals surface area contributed by atoms with E-state index in [2.05, 4.69) is 17.4 Å². The molecule has 0 saturated carbocycles. The van der Waals surface area contributed by atoms with Crippen molar-refractivity contribution in [3.8, 4) is 11.1 Å². The molecule has 1 amide bonds. The number of nitrogens with one attached hydrogen (secondary N) is 1. The minimum Gasteiger partial charge on any atom is -0.459 e. The van der Waals surface area contributed by atoms with Crippen molar-refractivity contribution >= 4 is 32.9 Å². The van der Waals surface area contributed by atoms with Gasteiger partial charge in [-0.2, -0.15) is 4.31 Å². The minimum absolute atomic E-state index is 0.0660. The SMILES string of the molecule is CC(C)(C)OC(=O)CN(CCNC(=O)OCC1c2ccccc2-c2ccccc21)S(=O)(=O)c1cccc2ccccc12. The molecule has 9 heteroatoms. The maximum Gasteiger partial charge on any atom is 0.407 e. The fourth-order valence-corrected chi connectivity index (χ4v) is 6.89. The Kier molecular flexibility index (Phi) is 8.34. The molecule has 218 valence electrons. The molecule has 0 aromatic heterocycles. The number of amides is 1. The molecule has 8 nitrogen and oxygen atoms in total. The molecule has 4 aromatic rings. The van der Waals surface area contributed by atoms with E-state index in [-0.39, 0.29) is 30.5 Å². The lowest BCUT2D eigenvalue weighted by Gasteiger charge is -2.25. The summed E-state index contributed by atoms with van der Waals surface area (Å²) in [4.78, 5) is 25.5. The van der Waals surface area contributed by atoms with E-state index < -0.39 is 34.2 Å². The number of esters is 1. The van der Waals surface area contributed by atoms with Crippen molar-refractivity contribution in [1.29, 1.82) is 0 Å². The van der Waals surface area contributed by atoms with Crippen LogP contribution in [0.15, 0.2) is 95.9 Å². The molecule has 0 unspecified atom stereocenters. The quantitative estimate of drug-likeness (QED) is 0.252. The standard InChI is InChI=1S/C33H34N2O6S/c1-33(2,3)41-31(36)21-35(42(38,39)30-18-10-12-23-11-4-5-13-24(23)30)20-19-34-32(37)40-22-29-27-16-8-6-14-25(27)26-15-7-9-17-28(26)29/h4-18,29H,19-22H2,1-3H3,(H,34,37). The minimum atomic E-state index is -4.13. The predicted octanol–water partition coefficient (Wildman–Crippen LogP) is 5.71. The second-order valence-corrected chi connectivity index (χ2v) is 13.1. The van der Waals surface area contributed by atoms with Gasteiger partial charge in [0.15, 0.2) is 0 Å². The van der Waals surface area contributed by atoms with Crippen LogP contribution in [0.25, 0.3) is 21.9 Å². The number of hydrogen-bond acceptors (Lipinski definition) is 6. The van der Waals surface area contributed by atoms with E-state index in [4.69, 9.17) is 9.47 Å². The summed E-state index contributed by atoms with van der Waals surface area (Å²) in [6.45, 7) is 4.55. The van der Waals surface area contributed by atoms with Gasteiger partial charge in [0.2, 0.25) is 10.0 Å². The van der Waals surface area contributed by atoms with Gasteiger partial charge in [0.05, 0.1) is 4.90 Å². The zero-order valence-corrected chi connectivity index (χ0v) is 24.7. The molecular weight excluding hydrogens is 552 g/mol. The Morgan fingerprint density at radius 2 is 1.43 bits per heavy atom. The number of rotatable bonds is 9. The van der Waals surface area contributed by atoms with Crippen molar-refractivity contribution < 1.29 is 27.5 Å². The third-order valence-electron chi connectivity index (χ3n) is 7.07. The van der Waals surface area contributed by atoms with Crippen LogP contribution < -0.4 is 5.32 Å². The first-order valence-electron chi connectivity index (χ1n) is 13.8. The molecule has 1 aliphatic carbocycles. The smallest absolute Gasteiger partial charge is 0.407 e. The van der Waals surface area contributed by atoms with Gasteiger partial charge in [0.1, 0.15) is 18.8 Å². The highest BCUT2D eigenvalue weighted by atomic mass is 32.2. The molecule has 0 spiro atoms. The van der Waals surface area contributed by atoms with Crippen LogP contribution in [-0.2, 0) is 24.3 Å². The fraction of sp³-hybridized carbons (Fsp3) is 0.273. The van der Waals surface area contributed by atoms with Gasteiger partial charge in [0, 0.05) is 24.4 Å². The van der Waals surface area contributed by atoms with E-state index in [1.165, 1.54) is 6.07 Å². The van der Waals surface area contributed by atoms with Gasteiger partial charge in [-0.05, 0) is 54.5 Å². The Labute approximate surface area is 246 Å². The fourth-order valence-electron chi connectivity index (χ4n) is 5.29. The molecule has 0 heterocycles. The summed E-state index contributed by atoms with van der Waals surface area (Å²) >= 11 is 0. The Hall–Kier alpha value is -4.21. The van der Waals surface area contributed by atoms with Gasteiger partial charge in [-0.25, -0.2) is 13.2 Å². The predicted molar refractivity (Wildman–Crippen MR) is 162 cm³/mol. The lowest BCUT2D eigenvalue weighted by molar-refractivity contribution is -0.154. The summed E-state index contributed by atoms with van der Waals surface area (Å²) in [6, 6.07) is 28.2. The van der Waals surface area contributed by atoms with E-state index >= 15 is 0 Å². The second-order valence-electron chi connectivity index (χ2n) is 11.2. The van der Waals surface area contributed by atoms with E-state index in [1.54, 1.807) is 39.0 Å². The number of hydrogen-bond donors (Lipinski definition) is 1. The molecule has 5 rings (SSSR count). The summed E-state index contributed by atoms with van der Waals surface area (Å²) in [7, 11) is -4.13. The molecular formula is C33H34N2O6S. The number of nitrogens with zero attached hydrogens (tertiary/aromatic N) is 1. The summed E-state index contributed by atoms with van der Waals surface area (Å²) in [5, 5.41) is 3.95. The highest BCUT2D eigenvalue weighted by Gasteiger charge is 2.31. The summed E-state index contributed by atoms with van der Waals surface area (Å²) in [5.41, 5.74) is 3.65. The van der Waals surface area contributed by atoms with Crippen LogP contribution in [0.5, 0.6) is 0 Å². The average molecular weight is 587 g/mol. The third kappa shape index (κ3) is 6.32. The van der Waals surface area contributed by atoms with Gasteiger partial charge in [0.25, 0.3) is 0 Å². The number of alkyl carbamates (subject to hydrolysis) is 1. The molecule has 0 fully saturated rings. The first kappa shape index (κ1) is 29.3. The highest BCUT2D eigenvalue weighted by Crippen LogP contribution is 2.44. The zero-order chi connectivity index (χ0) is 29.9. The Morgan fingerprint density at radius 1 is 0.833 bits per heavy atom. The number of ether oxygens (including phenoxy) is 2. The molecule has 1 aliphatic rings. The van der Waals surface area contributed by atoms with Crippen LogP contribution >= 0.6 is 0 Å². The number of carbonyl (C=O) groups excluding carboxylic acids is 2. The number of carbonyl (C=O) groups is 2. The first-order chi connectivity index (χ1) is 20.0. The van der Waals surface area contributed by atoms with E-state index in [9.17, 15) is 18.0 Å². The molecule has 4 aromatic carbocycles. The molecule has 0 bridgehead atoms. The largest absolute Gasteiger partial charge is 0.459 e. The lowest BCUT2D eigenvalue weighted by atomic mass is 9.98. The Balaban J connectivity index is 1.27. The topological polar surface area (TPSA) is 102 Å². The van der Waals surface area contributed by atoms with E-state index in [1.807, 2.05) is 54.6 Å². The van der Waals surface area contributed by atoms with Crippen molar-refractivity contribution in [3.05, 3.63) is 102 Å². The average Bonchev–Trinajstić information content (AvgIpc) is 3.28. The number of fused-ring (bicyclic) bond motifs is 4. The van der Waals surface area contributed by atoms with Crippen LogP contribution in [-0.4, -0.2) is 56.6 Å². The monoisotopic (exact) mass is 586 g/mol. The molecule has 0 radical (unpaired) electrons. The van der Waals surface area contributed by atoms with Crippen molar-refractivity contribution in [3.63, 3.8) is 0 Å². The van der Waals surface area contributed by atoms with Gasteiger partial charge in [-0.3, -0.25) is 4.79 Å². The van der Waals surface area contributed by atoms with Gasteiger partial charge >= 0.3 is 12.1 Å². The van der Waals surface area contributed by atoms with E-state index in [0.29, 0.717) is 5.39 Å². The Morgan fingerprint density at radius 3 is 2.10 bits per heavy atom. The van der Waals surface area contributed by atoms with Crippen LogP contribution in [0.4, 0.5) is 4.79 Å². The van der Waals surface area contributed by atoms with Crippen LogP contribution in [0, 0.1) is 0 Å². The maximum absolute atomic E-state index is 13.8. The lowest BCUT2D eigenvalue weighted by Crippen LogP contribution is -2.43. The van der Waals surface area contributed by atoms with Crippen LogP contribution in [0.3, 0.4) is 0 Å². The first-order valence-corrected chi connectivity index (χ1v) is 15.3. The normalized spacial score (nSPS) is 13.0. The Bertz CT molecular complexity index is 1680. The van der Waals surface area contributed by atoms with Gasteiger partial charge in [-0.1, -0.05) is 84.9 Å². The second kappa shape index (κ2) is 12.0. The summed E-state index contributed by atoms with van der Waals surface area (Å²) < 4.78 is 39.7. The molecule has 0 aliphatic heterocycles.